The number of benzene rings is 1. The lowest BCUT2D eigenvalue weighted by atomic mass is 10.1. The van der Waals surface area contributed by atoms with Crippen LogP contribution in [0.2, 0.25) is 0 Å². The Balaban J connectivity index is 0.00000196. The van der Waals surface area contributed by atoms with E-state index < -0.39 is 10.2 Å². The van der Waals surface area contributed by atoms with E-state index in [-0.39, 0.29) is 17.3 Å². The summed E-state index contributed by atoms with van der Waals surface area (Å²) in [5.41, 5.74) is 6.28. The summed E-state index contributed by atoms with van der Waals surface area (Å²) in [7, 11) is -4.56. The number of nitrogens with two attached hydrogens (primary N) is 1. The Hall–Kier alpha value is -0.650. The number of rotatable bonds is 4. The van der Waals surface area contributed by atoms with Gasteiger partial charge in [0.05, 0.1) is 4.90 Å². The largest absolute Gasteiger partial charge is 0.332 e. The fourth-order valence-electron chi connectivity index (χ4n) is 1.12. The van der Waals surface area contributed by atoms with E-state index in [1.165, 1.54) is 12.1 Å². The molecule has 1 aromatic carbocycles. The number of aryl methyl sites for hydroxylation is 1. The van der Waals surface area contributed by atoms with Gasteiger partial charge in [-0.25, -0.2) is 0 Å². The molecular formula is C9H13ClFNO2S. The van der Waals surface area contributed by atoms with Crippen molar-refractivity contribution in [2.24, 2.45) is 5.73 Å². The standard InChI is InChI=1S/C9H12FNO2S.ClH/c10-14(12,13)9-5-3-8(4-6-9)2-1-7-11;/h3-6H,1-2,7,11H2;1H. The van der Waals surface area contributed by atoms with Crippen LogP contribution in [0.25, 0.3) is 0 Å². The van der Waals surface area contributed by atoms with Gasteiger partial charge in [-0.1, -0.05) is 12.1 Å². The predicted molar refractivity (Wildman–Crippen MR) is 59.4 cm³/mol. The second-order valence-electron chi connectivity index (χ2n) is 2.97. The van der Waals surface area contributed by atoms with E-state index in [4.69, 9.17) is 5.73 Å². The minimum absolute atomic E-state index is 0. The molecule has 0 unspecified atom stereocenters. The lowest BCUT2D eigenvalue weighted by Crippen LogP contribution is -2.00. The summed E-state index contributed by atoms with van der Waals surface area (Å²) in [5, 5.41) is 0. The molecule has 15 heavy (non-hydrogen) atoms. The molecule has 1 rings (SSSR count). The summed E-state index contributed by atoms with van der Waals surface area (Å²) in [4.78, 5) is -0.297. The van der Waals surface area contributed by atoms with Crippen molar-refractivity contribution in [2.75, 3.05) is 6.54 Å². The van der Waals surface area contributed by atoms with E-state index in [1.54, 1.807) is 12.1 Å². The number of halogens is 2. The first-order valence-corrected chi connectivity index (χ1v) is 5.66. The molecule has 1 aromatic rings. The summed E-state index contributed by atoms with van der Waals surface area (Å²) in [6.45, 7) is 0.586. The van der Waals surface area contributed by atoms with Gasteiger partial charge in [-0.3, -0.25) is 0 Å². The topological polar surface area (TPSA) is 60.2 Å². The maximum absolute atomic E-state index is 12.5. The maximum atomic E-state index is 12.5. The van der Waals surface area contributed by atoms with E-state index in [1.807, 2.05) is 0 Å². The van der Waals surface area contributed by atoms with Crippen LogP contribution in [-0.4, -0.2) is 15.0 Å². The van der Waals surface area contributed by atoms with Crippen LogP contribution >= 0.6 is 12.4 Å². The average molecular weight is 254 g/mol. The van der Waals surface area contributed by atoms with Crippen LogP contribution in [0.1, 0.15) is 12.0 Å². The molecular weight excluding hydrogens is 241 g/mol. The Kier molecular flexibility index (Phi) is 5.79. The van der Waals surface area contributed by atoms with E-state index in [2.05, 4.69) is 0 Å². The highest BCUT2D eigenvalue weighted by Crippen LogP contribution is 2.13. The normalized spacial score (nSPS) is 10.8. The maximum Gasteiger partial charge on any atom is 0.332 e. The summed E-state index contributed by atoms with van der Waals surface area (Å²) in [6, 6.07) is 5.73. The van der Waals surface area contributed by atoms with Crippen LogP contribution in [0.3, 0.4) is 0 Å². The van der Waals surface area contributed by atoms with Crippen molar-refractivity contribution in [3.8, 4) is 0 Å². The predicted octanol–water partition coefficient (Wildman–Crippen LogP) is 1.66. The molecule has 0 fully saturated rings. The van der Waals surface area contributed by atoms with E-state index in [9.17, 15) is 12.3 Å². The fourth-order valence-corrected chi connectivity index (χ4v) is 1.59. The third-order valence-electron chi connectivity index (χ3n) is 1.87. The molecule has 0 bridgehead atoms. The smallest absolute Gasteiger partial charge is 0.330 e. The molecule has 0 saturated carbocycles. The van der Waals surface area contributed by atoms with Gasteiger partial charge in [0, 0.05) is 0 Å². The molecule has 86 valence electrons. The van der Waals surface area contributed by atoms with Crippen molar-refractivity contribution in [1.29, 1.82) is 0 Å². The van der Waals surface area contributed by atoms with Crippen molar-refractivity contribution >= 4 is 22.6 Å². The van der Waals surface area contributed by atoms with Crippen molar-refractivity contribution < 1.29 is 12.3 Å². The molecule has 2 N–H and O–H groups in total. The Morgan fingerprint density at radius 2 is 1.73 bits per heavy atom. The zero-order valence-corrected chi connectivity index (χ0v) is 9.65. The second kappa shape index (κ2) is 6.05. The molecule has 0 aliphatic carbocycles. The average Bonchev–Trinajstić information content (AvgIpc) is 2.14. The van der Waals surface area contributed by atoms with Gasteiger partial charge in [-0.2, -0.15) is 8.42 Å². The number of hydrogen-bond donors (Lipinski definition) is 1. The van der Waals surface area contributed by atoms with Gasteiger partial charge in [-0.05, 0) is 37.1 Å². The molecule has 0 amide bonds. The van der Waals surface area contributed by atoms with Gasteiger partial charge >= 0.3 is 10.2 Å². The minimum atomic E-state index is -4.56. The Labute approximate surface area is 95.1 Å². The van der Waals surface area contributed by atoms with Crippen LogP contribution in [0.4, 0.5) is 3.89 Å². The Bertz CT molecular complexity index is 391. The van der Waals surface area contributed by atoms with Crippen LogP contribution in [0, 0.1) is 0 Å². The first kappa shape index (κ1) is 14.3. The fraction of sp³-hybridized carbons (Fsp3) is 0.333. The molecule has 0 aromatic heterocycles. The molecule has 0 aliphatic heterocycles. The van der Waals surface area contributed by atoms with Crippen molar-refractivity contribution in [3.63, 3.8) is 0 Å². The van der Waals surface area contributed by atoms with Crippen molar-refractivity contribution in [1.82, 2.24) is 0 Å². The van der Waals surface area contributed by atoms with Gasteiger partial charge in [0.1, 0.15) is 0 Å². The highest BCUT2D eigenvalue weighted by molar-refractivity contribution is 7.86. The van der Waals surface area contributed by atoms with Crippen LogP contribution < -0.4 is 5.73 Å². The first-order chi connectivity index (χ1) is 6.54. The van der Waals surface area contributed by atoms with E-state index in [0.29, 0.717) is 6.54 Å². The first-order valence-electron chi connectivity index (χ1n) is 4.27. The molecule has 0 aliphatic rings. The summed E-state index contributed by atoms with van der Waals surface area (Å²) in [5.74, 6) is 0. The summed E-state index contributed by atoms with van der Waals surface area (Å²) in [6.07, 6.45) is 1.62. The minimum Gasteiger partial charge on any atom is -0.330 e. The number of hydrogen-bond acceptors (Lipinski definition) is 3. The zero-order valence-electron chi connectivity index (χ0n) is 8.02. The van der Waals surface area contributed by atoms with Crippen molar-refractivity contribution in [3.05, 3.63) is 29.8 Å². The van der Waals surface area contributed by atoms with Crippen molar-refractivity contribution in [2.45, 2.75) is 17.7 Å². The molecule has 0 saturated heterocycles. The van der Waals surface area contributed by atoms with E-state index in [0.717, 1.165) is 18.4 Å². The lowest BCUT2D eigenvalue weighted by Gasteiger charge is -2.00. The second-order valence-corrected chi connectivity index (χ2v) is 4.32. The highest BCUT2D eigenvalue weighted by Gasteiger charge is 2.10. The molecule has 0 atom stereocenters. The van der Waals surface area contributed by atoms with Gasteiger partial charge in [0.2, 0.25) is 0 Å². The van der Waals surface area contributed by atoms with Crippen LogP contribution in [0.5, 0.6) is 0 Å². The SMILES string of the molecule is Cl.NCCCc1ccc(S(=O)(=O)F)cc1. The zero-order chi connectivity index (χ0) is 10.6. The van der Waals surface area contributed by atoms with Gasteiger partial charge in [0.25, 0.3) is 0 Å². The molecule has 0 radical (unpaired) electrons. The molecule has 0 heterocycles. The Morgan fingerprint density at radius 1 is 1.20 bits per heavy atom. The monoisotopic (exact) mass is 253 g/mol. The molecule has 0 spiro atoms. The van der Waals surface area contributed by atoms with Gasteiger partial charge in [0.15, 0.2) is 0 Å². The summed E-state index contributed by atoms with van der Waals surface area (Å²) >= 11 is 0. The quantitative estimate of drug-likeness (QED) is 0.831. The molecule has 6 heteroatoms. The Morgan fingerprint density at radius 3 is 2.13 bits per heavy atom. The molecule has 3 nitrogen and oxygen atoms in total. The van der Waals surface area contributed by atoms with Crippen LogP contribution in [-0.2, 0) is 16.6 Å². The van der Waals surface area contributed by atoms with Gasteiger partial charge < -0.3 is 5.73 Å². The summed E-state index contributed by atoms with van der Waals surface area (Å²) < 4.78 is 33.4. The lowest BCUT2D eigenvalue weighted by molar-refractivity contribution is 0.552. The third kappa shape index (κ3) is 4.59. The van der Waals surface area contributed by atoms with E-state index >= 15 is 0 Å². The van der Waals surface area contributed by atoms with Gasteiger partial charge in [-0.15, -0.1) is 16.3 Å². The highest BCUT2D eigenvalue weighted by atomic mass is 35.5. The van der Waals surface area contributed by atoms with Crippen LogP contribution in [0.15, 0.2) is 29.2 Å². The third-order valence-corrected chi connectivity index (χ3v) is 2.71.